The first-order valence-electron chi connectivity index (χ1n) is 6.53. The maximum absolute atomic E-state index is 12.5. The summed E-state index contributed by atoms with van der Waals surface area (Å²) in [6.07, 6.45) is 0. The Balaban J connectivity index is 2.37. The zero-order valence-electron chi connectivity index (χ0n) is 12.0. The highest BCUT2D eigenvalue weighted by Gasteiger charge is 2.30. The lowest BCUT2D eigenvalue weighted by Gasteiger charge is -2.13. The third kappa shape index (κ3) is 3.35. The standard InChI is InChI=1S/C16H14Cl2O3S/c1-10-3-4-12(9-15(10)18)16(19)11(2)22(20,21)14-7-5-13(17)6-8-14/h3-9,11H,1-2H3/t11-/m0/s1. The van der Waals surface area contributed by atoms with E-state index >= 15 is 0 Å². The van der Waals surface area contributed by atoms with Gasteiger partial charge in [0.1, 0.15) is 5.25 Å². The first-order valence-corrected chi connectivity index (χ1v) is 8.83. The van der Waals surface area contributed by atoms with Crippen LogP contribution >= 0.6 is 23.2 Å². The molecule has 0 radical (unpaired) electrons. The summed E-state index contributed by atoms with van der Waals surface area (Å²) in [6, 6.07) is 10.5. The molecule has 0 fully saturated rings. The number of ketones is 1. The molecule has 0 bridgehead atoms. The second-order valence-corrected chi connectivity index (χ2v) is 8.08. The summed E-state index contributed by atoms with van der Waals surface area (Å²) in [7, 11) is -3.78. The van der Waals surface area contributed by atoms with Crippen LogP contribution in [0, 0.1) is 6.92 Å². The Labute approximate surface area is 139 Å². The number of carbonyl (C=O) groups excluding carboxylic acids is 1. The van der Waals surface area contributed by atoms with Crippen molar-refractivity contribution in [1.29, 1.82) is 0 Å². The van der Waals surface area contributed by atoms with Crippen LogP contribution in [0.2, 0.25) is 10.0 Å². The smallest absolute Gasteiger partial charge is 0.188 e. The summed E-state index contributed by atoms with van der Waals surface area (Å²) in [6.45, 7) is 3.19. The van der Waals surface area contributed by atoms with Crippen LogP contribution in [0.1, 0.15) is 22.8 Å². The number of benzene rings is 2. The van der Waals surface area contributed by atoms with Gasteiger partial charge >= 0.3 is 0 Å². The Kier molecular flexibility index (Phi) is 4.95. The van der Waals surface area contributed by atoms with E-state index in [0.717, 1.165) is 5.56 Å². The third-order valence-corrected chi connectivity index (χ3v) is 6.17. The largest absolute Gasteiger partial charge is 0.293 e. The highest BCUT2D eigenvalue weighted by atomic mass is 35.5. The van der Waals surface area contributed by atoms with Crippen LogP contribution < -0.4 is 0 Å². The van der Waals surface area contributed by atoms with Crippen molar-refractivity contribution in [2.24, 2.45) is 0 Å². The Hall–Kier alpha value is -1.36. The van der Waals surface area contributed by atoms with Crippen LogP contribution in [0.5, 0.6) is 0 Å². The van der Waals surface area contributed by atoms with Crippen molar-refractivity contribution in [2.45, 2.75) is 24.0 Å². The molecule has 2 rings (SSSR count). The molecule has 2 aromatic rings. The van der Waals surface area contributed by atoms with E-state index in [9.17, 15) is 13.2 Å². The average Bonchev–Trinajstić information content (AvgIpc) is 2.49. The van der Waals surface area contributed by atoms with E-state index in [0.29, 0.717) is 10.0 Å². The molecule has 116 valence electrons. The quantitative estimate of drug-likeness (QED) is 0.765. The molecule has 0 spiro atoms. The number of halogens is 2. The highest BCUT2D eigenvalue weighted by molar-refractivity contribution is 7.92. The summed E-state index contributed by atoms with van der Waals surface area (Å²) in [4.78, 5) is 12.5. The van der Waals surface area contributed by atoms with Crippen molar-refractivity contribution in [3.8, 4) is 0 Å². The second kappa shape index (κ2) is 6.41. The van der Waals surface area contributed by atoms with E-state index in [1.807, 2.05) is 6.92 Å². The molecule has 0 aliphatic rings. The van der Waals surface area contributed by atoms with Gasteiger partial charge in [0.2, 0.25) is 0 Å². The molecule has 0 aliphatic heterocycles. The predicted octanol–water partition coefficient (Wildman–Crippen LogP) is 4.35. The molecule has 0 saturated heterocycles. The van der Waals surface area contributed by atoms with Crippen LogP contribution in [0.25, 0.3) is 0 Å². The lowest BCUT2D eigenvalue weighted by Crippen LogP contribution is -2.27. The maximum atomic E-state index is 12.5. The Morgan fingerprint density at radius 3 is 2.18 bits per heavy atom. The molecule has 2 aromatic carbocycles. The fraction of sp³-hybridized carbons (Fsp3) is 0.188. The van der Waals surface area contributed by atoms with Gasteiger partial charge < -0.3 is 0 Å². The average molecular weight is 357 g/mol. The van der Waals surface area contributed by atoms with E-state index in [1.54, 1.807) is 12.1 Å². The molecular weight excluding hydrogens is 343 g/mol. The fourth-order valence-corrected chi connectivity index (χ4v) is 3.60. The highest BCUT2D eigenvalue weighted by Crippen LogP contribution is 2.23. The molecule has 0 aromatic heterocycles. The van der Waals surface area contributed by atoms with Crippen molar-refractivity contribution in [3.05, 3.63) is 63.6 Å². The molecule has 3 nitrogen and oxygen atoms in total. The molecule has 0 amide bonds. The molecule has 0 N–H and O–H groups in total. The van der Waals surface area contributed by atoms with E-state index in [2.05, 4.69) is 0 Å². The normalized spacial score (nSPS) is 12.9. The van der Waals surface area contributed by atoms with Crippen LogP contribution in [0.3, 0.4) is 0 Å². The molecule has 0 heterocycles. The number of hydrogen-bond donors (Lipinski definition) is 0. The second-order valence-electron chi connectivity index (χ2n) is 4.97. The topological polar surface area (TPSA) is 51.2 Å². The van der Waals surface area contributed by atoms with Crippen molar-refractivity contribution in [2.75, 3.05) is 0 Å². The van der Waals surface area contributed by atoms with E-state index in [4.69, 9.17) is 23.2 Å². The summed E-state index contributed by atoms with van der Waals surface area (Å²) in [5.41, 5.74) is 1.10. The van der Waals surface area contributed by atoms with Gasteiger partial charge in [0, 0.05) is 15.6 Å². The van der Waals surface area contributed by atoms with Gasteiger partial charge in [0.05, 0.1) is 4.90 Å². The number of rotatable bonds is 4. The molecule has 0 unspecified atom stereocenters. The monoisotopic (exact) mass is 356 g/mol. The molecular formula is C16H14Cl2O3S. The third-order valence-electron chi connectivity index (χ3n) is 3.43. The Bertz CT molecular complexity index is 812. The van der Waals surface area contributed by atoms with Crippen molar-refractivity contribution in [1.82, 2.24) is 0 Å². The minimum Gasteiger partial charge on any atom is -0.293 e. The van der Waals surface area contributed by atoms with Gasteiger partial charge in [-0.2, -0.15) is 0 Å². The van der Waals surface area contributed by atoms with Gasteiger partial charge in [-0.15, -0.1) is 0 Å². The van der Waals surface area contributed by atoms with Gasteiger partial charge in [-0.1, -0.05) is 35.3 Å². The van der Waals surface area contributed by atoms with Crippen molar-refractivity contribution < 1.29 is 13.2 Å². The molecule has 22 heavy (non-hydrogen) atoms. The number of sulfone groups is 1. The predicted molar refractivity (Wildman–Crippen MR) is 88.6 cm³/mol. The number of Topliss-reactive ketones (excluding diaryl/α,β-unsaturated/α-hetero) is 1. The Morgan fingerprint density at radius 1 is 1.05 bits per heavy atom. The first-order chi connectivity index (χ1) is 10.2. The first kappa shape index (κ1) is 17.0. The van der Waals surface area contributed by atoms with Crippen LogP contribution in [-0.4, -0.2) is 19.5 Å². The molecule has 6 heteroatoms. The summed E-state index contributed by atoms with van der Waals surface area (Å²) < 4.78 is 25.0. The zero-order valence-corrected chi connectivity index (χ0v) is 14.3. The maximum Gasteiger partial charge on any atom is 0.188 e. The van der Waals surface area contributed by atoms with Crippen LogP contribution in [0.4, 0.5) is 0 Å². The van der Waals surface area contributed by atoms with Gasteiger partial charge in [-0.25, -0.2) is 8.42 Å². The SMILES string of the molecule is Cc1ccc(C(=O)[C@H](C)S(=O)(=O)c2ccc(Cl)cc2)cc1Cl. The van der Waals surface area contributed by atoms with Gasteiger partial charge in [-0.3, -0.25) is 4.79 Å². The van der Waals surface area contributed by atoms with Gasteiger partial charge in [0.25, 0.3) is 0 Å². The number of hydrogen-bond acceptors (Lipinski definition) is 3. The van der Waals surface area contributed by atoms with E-state index < -0.39 is 20.9 Å². The minimum absolute atomic E-state index is 0.0657. The van der Waals surface area contributed by atoms with Crippen LogP contribution in [-0.2, 0) is 9.84 Å². The van der Waals surface area contributed by atoms with E-state index in [-0.39, 0.29) is 10.5 Å². The van der Waals surface area contributed by atoms with Crippen molar-refractivity contribution >= 4 is 38.8 Å². The molecule has 1 atom stereocenters. The van der Waals surface area contributed by atoms with Gasteiger partial charge in [-0.05, 0) is 49.7 Å². The lowest BCUT2D eigenvalue weighted by atomic mass is 10.1. The Morgan fingerprint density at radius 2 is 1.64 bits per heavy atom. The summed E-state index contributed by atoms with van der Waals surface area (Å²) in [5, 5.41) is -0.336. The van der Waals surface area contributed by atoms with Crippen LogP contribution in [0.15, 0.2) is 47.4 Å². The summed E-state index contributed by atoms with van der Waals surface area (Å²) in [5.74, 6) is -0.489. The summed E-state index contributed by atoms with van der Waals surface area (Å²) >= 11 is 11.8. The number of carbonyl (C=O) groups is 1. The van der Waals surface area contributed by atoms with Crippen molar-refractivity contribution in [3.63, 3.8) is 0 Å². The van der Waals surface area contributed by atoms with Gasteiger partial charge in [0.15, 0.2) is 15.6 Å². The molecule has 0 aliphatic carbocycles. The number of aryl methyl sites for hydroxylation is 1. The zero-order chi connectivity index (χ0) is 16.5. The molecule has 0 saturated carbocycles. The fourth-order valence-electron chi connectivity index (χ4n) is 1.95. The lowest BCUT2D eigenvalue weighted by molar-refractivity contribution is 0.0991. The van der Waals surface area contributed by atoms with E-state index in [1.165, 1.54) is 37.3 Å². The minimum atomic E-state index is -3.78.